The first kappa shape index (κ1) is 22.3. The van der Waals surface area contributed by atoms with E-state index in [1.54, 1.807) is 24.3 Å². The highest BCUT2D eigenvalue weighted by molar-refractivity contribution is 7.89. The first-order chi connectivity index (χ1) is 15.6. The lowest BCUT2D eigenvalue weighted by Gasteiger charge is -2.20. The van der Waals surface area contributed by atoms with Gasteiger partial charge in [0.15, 0.2) is 0 Å². The van der Waals surface area contributed by atoms with Crippen LogP contribution in [-0.4, -0.2) is 32.4 Å². The highest BCUT2D eigenvalue weighted by Gasteiger charge is 2.27. The van der Waals surface area contributed by atoms with Crippen molar-refractivity contribution < 1.29 is 17.9 Å². The van der Waals surface area contributed by atoms with Gasteiger partial charge >= 0.3 is 0 Å². The number of fused-ring (bicyclic) bond motifs is 1. The number of benzene rings is 3. The van der Waals surface area contributed by atoms with Crippen LogP contribution in [0.1, 0.15) is 23.6 Å². The molecule has 1 N–H and O–H groups in total. The molecule has 0 fully saturated rings. The lowest BCUT2D eigenvalue weighted by Crippen LogP contribution is -2.32. The van der Waals surface area contributed by atoms with Crippen molar-refractivity contribution in [1.82, 2.24) is 4.31 Å². The Morgan fingerprint density at radius 2 is 1.72 bits per heavy atom. The lowest BCUT2D eigenvalue weighted by molar-refractivity contribution is 0.107. The fourth-order valence-electron chi connectivity index (χ4n) is 3.68. The van der Waals surface area contributed by atoms with Gasteiger partial charge in [0, 0.05) is 30.9 Å². The molecule has 0 spiro atoms. The standard InChI is InChI=1S/C25H28N2O4S/c1-2-26-23-9-11-24(12-10-23)32(28,29)27-14-15-31-25-13-8-21(16-22(25)17-27)19-30-18-20-6-4-3-5-7-20/h3-13,16,26H,2,14-15,17-19H2,1H3. The molecule has 0 unspecified atom stereocenters. The molecule has 4 rings (SSSR count). The van der Waals surface area contributed by atoms with Gasteiger partial charge < -0.3 is 14.8 Å². The minimum Gasteiger partial charge on any atom is -0.492 e. The van der Waals surface area contributed by atoms with Crippen molar-refractivity contribution in [2.45, 2.75) is 31.6 Å². The molecule has 1 aliphatic rings. The molecule has 0 aromatic heterocycles. The summed E-state index contributed by atoms with van der Waals surface area (Å²) in [6.45, 7) is 4.62. The van der Waals surface area contributed by atoms with E-state index in [-0.39, 0.29) is 11.4 Å². The summed E-state index contributed by atoms with van der Waals surface area (Å²) in [4.78, 5) is 0.282. The van der Waals surface area contributed by atoms with Crippen LogP contribution in [0.2, 0.25) is 0 Å². The van der Waals surface area contributed by atoms with Crippen LogP contribution in [0, 0.1) is 0 Å². The quantitative estimate of drug-likeness (QED) is 0.548. The van der Waals surface area contributed by atoms with E-state index in [1.165, 1.54) is 4.31 Å². The molecule has 0 aliphatic carbocycles. The Kier molecular flexibility index (Phi) is 7.09. The van der Waals surface area contributed by atoms with Gasteiger partial charge in [0.2, 0.25) is 10.0 Å². The molecule has 6 nitrogen and oxygen atoms in total. The number of nitrogens with one attached hydrogen (secondary N) is 1. The summed E-state index contributed by atoms with van der Waals surface area (Å²) >= 11 is 0. The van der Waals surface area contributed by atoms with Crippen molar-refractivity contribution in [3.8, 4) is 5.75 Å². The Hall–Kier alpha value is -2.87. The molecule has 7 heteroatoms. The fraction of sp³-hybridized carbons (Fsp3) is 0.280. The van der Waals surface area contributed by atoms with E-state index in [4.69, 9.17) is 9.47 Å². The van der Waals surface area contributed by atoms with Crippen molar-refractivity contribution in [3.05, 3.63) is 89.5 Å². The number of ether oxygens (including phenoxy) is 2. The lowest BCUT2D eigenvalue weighted by atomic mass is 10.1. The van der Waals surface area contributed by atoms with Crippen LogP contribution >= 0.6 is 0 Å². The molecule has 32 heavy (non-hydrogen) atoms. The van der Waals surface area contributed by atoms with E-state index in [0.29, 0.717) is 26.4 Å². The molecule has 0 amide bonds. The molecule has 3 aromatic carbocycles. The normalized spacial score (nSPS) is 14.3. The number of hydrogen-bond donors (Lipinski definition) is 1. The average molecular weight is 453 g/mol. The van der Waals surface area contributed by atoms with Crippen molar-refractivity contribution in [1.29, 1.82) is 0 Å². The van der Waals surface area contributed by atoms with Crippen LogP contribution < -0.4 is 10.1 Å². The van der Waals surface area contributed by atoms with Gasteiger partial charge in [-0.25, -0.2) is 8.42 Å². The number of anilines is 1. The fourth-order valence-corrected chi connectivity index (χ4v) is 5.08. The van der Waals surface area contributed by atoms with Gasteiger partial charge in [-0.1, -0.05) is 36.4 Å². The third kappa shape index (κ3) is 5.30. The van der Waals surface area contributed by atoms with Gasteiger partial charge in [-0.05, 0) is 54.4 Å². The van der Waals surface area contributed by atoms with Gasteiger partial charge in [-0.15, -0.1) is 0 Å². The van der Waals surface area contributed by atoms with Crippen LogP contribution in [-0.2, 0) is 34.5 Å². The van der Waals surface area contributed by atoms with Crippen molar-refractivity contribution in [3.63, 3.8) is 0 Å². The van der Waals surface area contributed by atoms with Gasteiger partial charge in [0.25, 0.3) is 0 Å². The summed E-state index contributed by atoms with van der Waals surface area (Å²) in [6.07, 6.45) is 0. The molecule has 0 radical (unpaired) electrons. The highest BCUT2D eigenvalue weighted by atomic mass is 32.2. The summed E-state index contributed by atoms with van der Waals surface area (Å²) in [5, 5.41) is 3.18. The second-order valence-electron chi connectivity index (χ2n) is 7.66. The second kappa shape index (κ2) is 10.2. The number of hydrogen-bond acceptors (Lipinski definition) is 5. The number of rotatable bonds is 8. The van der Waals surface area contributed by atoms with Crippen molar-refractivity contribution in [2.24, 2.45) is 0 Å². The maximum Gasteiger partial charge on any atom is 0.243 e. The van der Waals surface area contributed by atoms with Crippen LogP contribution in [0.25, 0.3) is 0 Å². The number of nitrogens with zero attached hydrogens (tertiary/aromatic N) is 1. The Morgan fingerprint density at radius 1 is 0.969 bits per heavy atom. The van der Waals surface area contributed by atoms with E-state index in [2.05, 4.69) is 5.32 Å². The Labute approximate surface area is 189 Å². The highest BCUT2D eigenvalue weighted by Crippen LogP contribution is 2.28. The minimum absolute atomic E-state index is 0.263. The van der Waals surface area contributed by atoms with E-state index in [9.17, 15) is 8.42 Å². The Morgan fingerprint density at radius 3 is 2.47 bits per heavy atom. The van der Waals surface area contributed by atoms with Crippen molar-refractivity contribution >= 4 is 15.7 Å². The van der Waals surface area contributed by atoms with Crippen LogP contribution in [0.5, 0.6) is 5.75 Å². The zero-order chi connectivity index (χ0) is 22.4. The molecule has 1 aliphatic heterocycles. The van der Waals surface area contributed by atoms with Crippen LogP contribution in [0.4, 0.5) is 5.69 Å². The average Bonchev–Trinajstić information content (AvgIpc) is 3.03. The molecule has 0 bridgehead atoms. The third-order valence-electron chi connectivity index (χ3n) is 5.32. The summed E-state index contributed by atoms with van der Waals surface area (Å²) in [5.74, 6) is 0.719. The molecular weight excluding hydrogens is 424 g/mol. The third-order valence-corrected chi connectivity index (χ3v) is 7.18. The van der Waals surface area contributed by atoms with E-state index < -0.39 is 10.0 Å². The minimum atomic E-state index is -3.63. The maximum atomic E-state index is 13.3. The first-order valence-corrected chi connectivity index (χ1v) is 12.2. The summed E-state index contributed by atoms with van der Waals surface area (Å²) in [7, 11) is -3.63. The SMILES string of the molecule is CCNc1ccc(S(=O)(=O)N2CCOc3ccc(COCc4ccccc4)cc3C2)cc1. The predicted molar refractivity (Wildman–Crippen MR) is 125 cm³/mol. The molecular formula is C25H28N2O4S. The van der Waals surface area contributed by atoms with E-state index >= 15 is 0 Å². The van der Waals surface area contributed by atoms with E-state index in [0.717, 1.165) is 34.7 Å². The maximum absolute atomic E-state index is 13.3. The topological polar surface area (TPSA) is 67.9 Å². The van der Waals surface area contributed by atoms with Gasteiger partial charge in [0.05, 0.1) is 18.1 Å². The van der Waals surface area contributed by atoms with Gasteiger partial charge in [0.1, 0.15) is 12.4 Å². The molecule has 0 atom stereocenters. The van der Waals surface area contributed by atoms with Crippen LogP contribution in [0.15, 0.2) is 77.7 Å². The molecule has 0 saturated heterocycles. The van der Waals surface area contributed by atoms with Crippen molar-refractivity contribution in [2.75, 3.05) is 25.0 Å². The smallest absolute Gasteiger partial charge is 0.243 e. The summed E-state index contributed by atoms with van der Waals surface area (Å²) in [5.41, 5.74) is 3.84. The Bertz CT molecular complexity index is 1130. The predicted octanol–water partition coefficient (Wildman–Crippen LogP) is 4.42. The molecule has 1 heterocycles. The Balaban J connectivity index is 1.47. The van der Waals surface area contributed by atoms with E-state index in [1.807, 2.05) is 55.5 Å². The van der Waals surface area contributed by atoms with Crippen LogP contribution in [0.3, 0.4) is 0 Å². The zero-order valence-corrected chi connectivity index (χ0v) is 19.0. The zero-order valence-electron chi connectivity index (χ0n) is 18.2. The molecule has 3 aromatic rings. The van der Waals surface area contributed by atoms with Gasteiger partial charge in [-0.2, -0.15) is 4.31 Å². The summed E-state index contributed by atoms with van der Waals surface area (Å²) < 4.78 is 39.7. The largest absolute Gasteiger partial charge is 0.492 e. The van der Waals surface area contributed by atoms with Gasteiger partial charge in [-0.3, -0.25) is 0 Å². The molecule has 0 saturated carbocycles. The number of sulfonamides is 1. The first-order valence-electron chi connectivity index (χ1n) is 10.8. The second-order valence-corrected chi connectivity index (χ2v) is 9.60. The summed E-state index contributed by atoms with van der Waals surface area (Å²) in [6, 6.07) is 22.7. The molecule has 168 valence electrons. The monoisotopic (exact) mass is 452 g/mol.